The Kier molecular flexibility index (Phi) is 26.5. The molecule has 0 aliphatic carbocycles. The number of fused-ring (bicyclic) bond motifs is 15. The molecule has 0 radical (unpaired) electrons. The van der Waals surface area contributed by atoms with Crippen molar-refractivity contribution >= 4 is 76.5 Å². The number of primary amides is 1. The van der Waals surface area contributed by atoms with Crippen LogP contribution in [0.25, 0.3) is 11.1 Å². The topological polar surface area (TPSA) is 444 Å². The normalized spacial score (nSPS) is 22.4. The quantitative estimate of drug-likeness (QED) is 0.0199. The number of likely N-dealkylation sites (N-methyl/N-ethyl adjacent to an activating group) is 1. The Balaban J connectivity index is 1.19. The summed E-state index contributed by atoms with van der Waals surface area (Å²) in [6.07, 6.45) is 2.23. The summed E-state index contributed by atoms with van der Waals surface area (Å²) in [4.78, 5) is 135. The number of aliphatic hydroxyl groups excluding tert-OH is 2. The molecular formula is C71H85Cl2N9O21. The Morgan fingerprint density at radius 3 is 1.92 bits per heavy atom. The van der Waals surface area contributed by atoms with Gasteiger partial charge in [0.15, 0.2) is 17.5 Å². The highest BCUT2D eigenvalue weighted by molar-refractivity contribution is 6.32. The van der Waals surface area contributed by atoms with Crippen molar-refractivity contribution in [3.63, 3.8) is 0 Å². The summed E-state index contributed by atoms with van der Waals surface area (Å²) in [5, 5.41) is 87.6. The van der Waals surface area contributed by atoms with Crippen molar-refractivity contribution in [2.24, 2.45) is 11.7 Å². The number of rotatable bonds is 23. The zero-order chi connectivity index (χ0) is 74.5. The van der Waals surface area contributed by atoms with E-state index in [2.05, 4.69) is 44.1 Å². The van der Waals surface area contributed by atoms with Gasteiger partial charge in [0.2, 0.25) is 47.1 Å². The predicted molar refractivity (Wildman–Crippen MR) is 369 cm³/mol. The SMILES string of the molecule is CCCCCCCCCC(=O)OC1CC[C@H](N(CCOc2c3cc4cc2Oc2ccc(cc2Cl)[C@@H](O)[C@@H](NC(=O)[C@@H](CC(C)C)NC)C(=O)N[C@@H](CC(N)=O)C(=O)N[C@H]4C(=O)N[C@H]2C(=O)N[C@H](C(=O)N[C@H](C(=O)O)c4cc(O)cc(O)c4-c4cc2ccc4O)[C@H](O)c2ccc(c(Cl)c2)O3)OC)OC1. The lowest BCUT2D eigenvalue weighted by atomic mass is 9.89. The second-order valence-electron chi connectivity index (χ2n) is 25.9. The summed E-state index contributed by atoms with van der Waals surface area (Å²) in [5.41, 5.74) is 3.46. The number of hydrogen-bond donors (Lipinski definition) is 14. The van der Waals surface area contributed by atoms with Gasteiger partial charge >= 0.3 is 11.9 Å². The van der Waals surface area contributed by atoms with Gasteiger partial charge in [0, 0.05) is 29.2 Å². The van der Waals surface area contributed by atoms with E-state index < -0.39 is 155 Å². The number of phenols is 3. The number of unbranched alkanes of at least 4 members (excludes halogenated alkanes) is 6. The van der Waals surface area contributed by atoms with Crippen LogP contribution in [0.15, 0.2) is 78.9 Å². The first-order valence-electron chi connectivity index (χ1n) is 33.8. The first-order chi connectivity index (χ1) is 49.2. The van der Waals surface area contributed by atoms with Crippen molar-refractivity contribution in [1.29, 1.82) is 0 Å². The van der Waals surface area contributed by atoms with Crippen LogP contribution in [-0.4, -0.2) is 159 Å². The number of phenolic OH excluding ortho intramolecular Hbond substituents is 3. The summed E-state index contributed by atoms with van der Waals surface area (Å²) in [6.45, 7) is 5.53. The number of nitrogens with zero attached hydrogens (tertiary/aromatic N) is 1. The molecule has 1 fully saturated rings. The fraction of sp³-hybridized carbons (Fsp3) is 0.451. The number of carboxylic acid groups (broad SMARTS) is 1. The third-order valence-electron chi connectivity index (χ3n) is 17.9. The van der Waals surface area contributed by atoms with Crippen LogP contribution in [0.4, 0.5) is 0 Å². The molecule has 103 heavy (non-hydrogen) atoms. The van der Waals surface area contributed by atoms with Gasteiger partial charge in [0.25, 0.3) is 0 Å². The maximum absolute atomic E-state index is 15.9. The number of esters is 1. The number of aliphatic hydroxyl groups is 2. The van der Waals surface area contributed by atoms with E-state index in [1.165, 1.54) is 68.1 Å². The zero-order valence-electron chi connectivity index (χ0n) is 57.1. The average Bonchev–Trinajstić information content (AvgIpc) is 0.769. The maximum atomic E-state index is 15.9. The molecule has 6 aliphatic rings. The number of carbonyl (C=O) groups excluding carboxylic acids is 8. The number of hydrogen-bond acceptors (Lipinski definition) is 22. The van der Waals surface area contributed by atoms with Crippen molar-refractivity contribution in [2.45, 2.75) is 165 Å². The molecule has 11 bridgehead atoms. The first-order valence-corrected chi connectivity index (χ1v) is 34.6. The second kappa shape index (κ2) is 35.1. The van der Waals surface area contributed by atoms with Crippen LogP contribution in [0.3, 0.4) is 0 Å². The highest BCUT2D eigenvalue weighted by atomic mass is 35.5. The number of benzene rings is 5. The van der Waals surface area contributed by atoms with E-state index in [0.29, 0.717) is 19.3 Å². The molecule has 0 aromatic heterocycles. The van der Waals surface area contributed by atoms with Gasteiger partial charge in [-0.3, -0.25) is 43.2 Å². The molecule has 6 heterocycles. The van der Waals surface area contributed by atoms with Gasteiger partial charge in [-0.15, -0.1) is 0 Å². The molecule has 554 valence electrons. The third-order valence-corrected chi connectivity index (χ3v) is 18.5. The molecule has 5 aromatic rings. The van der Waals surface area contributed by atoms with Crippen molar-refractivity contribution in [2.75, 3.05) is 33.9 Å². The molecule has 15 N–H and O–H groups in total. The molecule has 7 amide bonds. The number of halogens is 2. The van der Waals surface area contributed by atoms with E-state index in [1.54, 1.807) is 0 Å². The number of amides is 7. The van der Waals surface area contributed by atoms with Gasteiger partial charge in [-0.25, -0.2) is 4.79 Å². The van der Waals surface area contributed by atoms with Crippen LogP contribution in [0, 0.1) is 5.92 Å². The van der Waals surface area contributed by atoms with E-state index in [0.717, 1.165) is 68.5 Å². The van der Waals surface area contributed by atoms with E-state index in [4.69, 9.17) is 57.5 Å². The highest BCUT2D eigenvalue weighted by Crippen LogP contribution is 2.49. The van der Waals surface area contributed by atoms with Crippen LogP contribution < -0.4 is 57.2 Å². The number of aromatic hydroxyl groups is 3. The summed E-state index contributed by atoms with van der Waals surface area (Å²) >= 11 is 14.1. The summed E-state index contributed by atoms with van der Waals surface area (Å²) in [5.74, 6) is -14.4. The van der Waals surface area contributed by atoms with E-state index >= 15 is 14.4 Å². The van der Waals surface area contributed by atoms with Crippen LogP contribution in [0.5, 0.6) is 46.0 Å². The Morgan fingerprint density at radius 2 is 1.32 bits per heavy atom. The van der Waals surface area contributed by atoms with Gasteiger partial charge < -0.3 is 97.3 Å². The summed E-state index contributed by atoms with van der Waals surface area (Å²) in [6, 6.07) is 1.07. The van der Waals surface area contributed by atoms with Crippen LogP contribution in [0.1, 0.15) is 156 Å². The lowest BCUT2D eigenvalue weighted by Crippen LogP contribution is -2.59. The molecule has 5 aromatic carbocycles. The van der Waals surface area contributed by atoms with E-state index in [-0.39, 0.29) is 106 Å². The van der Waals surface area contributed by atoms with E-state index in [9.17, 15) is 59.4 Å². The molecule has 30 nitrogen and oxygen atoms in total. The molecular weight excluding hydrogens is 1390 g/mol. The van der Waals surface area contributed by atoms with Gasteiger partial charge in [-0.1, -0.05) is 101 Å². The maximum Gasteiger partial charge on any atom is 0.330 e. The van der Waals surface area contributed by atoms with E-state index in [1.807, 2.05) is 13.8 Å². The third kappa shape index (κ3) is 19.2. The lowest BCUT2D eigenvalue weighted by Gasteiger charge is -2.35. The zero-order valence-corrected chi connectivity index (χ0v) is 58.6. The molecule has 11 atom stereocenters. The fourth-order valence-electron chi connectivity index (χ4n) is 12.6. The molecule has 0 saturated carbocycles. The molecule has 1 unspecified atom stereocenters. The van der Waals surface area contributed by atoms with Gasteiger partial charge in [0.05, 0.1) is 42.8 Å². The number of nitrogens with one attached hydrogen (secondary N) is 7. The largest absolute Gasteiger partial charge is 0.508 e. The molecule has 32 heteroatoms. The summed E-state index contributed by atoms with van der Waals surface area (Å²) < 4.78 is 31.8. The molecule has 0 spiro atoms. The Bertz CT molecular complexity index is 3990. The van der Waals surface area contributed by atoms with Gasteiger partial charge in [-0.05, 0) is 115 Å². The van der Waals surface area contributed by atoms with Crippen LogP contribution >= 0.6 is 23.2 Å². The Labute approximate surface area is 602 Å². The molecule has 6 aliphatic heterocycles. The Morgan fingerprint density at radius 1 is 0.699 bits per heavy atom. The minimum absolute atomic E-state index is 0.0513. The minimum Gasteiger partial charge on any atom is -0.508 e. The average molecular weight is 1470 g/mol. The Hall–Kier alpha value is -9.53. The van der Waals surface area contributed by atoms with Crippen LogP contribution in [-0.2, 0) is 57.5 Å². The van der Waals surface area contributed by atoms with Gasteiger partial charge in [0.1, 0.15) is 90.1 Å². The smallest absolute Gasteiger partial charge is 0.330 e. The predicted octanol–water partition coefficient (Wildman–Crippen LogP) is 6.12. The van der Waals surface area contributed by atoms with Crippen molar-refractivity contribution in [1.82, 2.24) is 42.3 Å². The standard InChI is InChI=1S/C71H85Cl2N9O21/c1-6-7-8-9-10-11-12-13-55(87)101-40-17-21-54(100-33-40)82(98-5)22-23-99-64-51-28-38-29-52(64)103-50-20-16-37(27-44(50)73)63(89)61-70(95)79-59(71(96)97)42-30-39(83)31-48(85)56(42)41-25-35(14-18-47(41)84)57(67(92)81-61)78-68(93)58(38)77-66(91)46(32-53(74)86)76-69(94)60(80-65(90)45(75-4)24-34(2)3)62(88)36-15-19-49(102-51)43(72)26-36/h14-16,18-20,25-31,34,40,45-46,54,57-63,75,83-85,88-89H,6-13,17,21-24,32-33H2,1-5H3,(H2,74,86)(H,76,94)(H,77,91)(H,78,93)(H,79,95)(H,80,90)(H,81,92)(H,96,97)/t40?,45-,46+,54-,57-,58-,59+,60-,61+,62-,63-/m1/s1. The van der Waals surface area contributed by atoms with Crippen molar-refractivity contribution < 1.29 is 102 Å². The monoisotopic (exact) mass is 1470 g/mol. The lowest BCUT2D eigenvalue weighted by molar-refractivity contribution is -0.259. The molecule has 1 saturated heterocycles. The fourth-order valence-corrected chi connectivity index (χ4v) is 13.0. The molecule has 11 rings (SSSR count). The summed E-state index contributed by atoms with van der Waals surface area (Å²) in [7, 11) is 2.91. The number of carboxylic acids is 1. The van der Waals surface area contributed by atoms with Crippen molar-refractivity contribution in [3.05, 3.63) is 117 Å². The van der Waals surface area contributed by atoms with Crippen molar-refractivity contribution in [3.8, 4) is 57.1 Å². The second-order valence-corrected chi connectivity index (χ2v) is 26.7. The number of carbonyl (C=O) groups is 9. The van der Waals surface area contributed by atoms with Crippen LogP contribution in [0.2, 0.25) is 10.0 Å². The highest BCUT2D eigenvalue weighted by Gasteiger charge is 2.42. The van der Waals surface area contributed by atoms with Gasteiger partial charge in [-0.2, -0.15) is 5.06 Å². The first kappa shape index (κ1) is 77.6. The number of hydroxylamine groups is 2. The number of nitrogens with two attached hydrogens (primary N) is 1. The number of ether oxygens (including phenoxy) is 5. The minimum atomic E-state index is -2.22. The number of aliphatic carboxylic acids is 1.